The number of carbonyl (C=O) groups excluding carboxylic acids is 1. The Morgan fingerprint density at radius 2 is 2.24 bits per heavy atom. The minimum Gasteiger partial charge on any atom is -0.495 e. The molecule has 2 aromatic rings. The zero-order valence-electron chi connectivity index (χ0n) is 14.1. The number of benzene rings is 1. The number of hydrogen-bond acceptors (Lipinski definition) is 5. The van der Waals surface area contributed by atoms with Crippen molar-refractivity contribution in [3.63, 3.8) is 0 Å². The fourth-order valence-electron chi connectivity index (χ4n) is 3.04. The van der Waals surface area contributed by atoms with Crippen molar-refractivity contribution in [2.75, 3.05) is 31.6 Å². The van der Waals surface area contributed by atoms with Gasteiger partial charge in [0.15, 0.2) is 0 Å². The Balaban J connectivity index is 1.54. The van der Waals surface area contributed by atoms with Gasteiger partial charge in [0.25, 0.3) is 5.91 Å². The number of nitrogens with zero attached hydrogens (tertiary/aromatic N) is 3. The highest BCUT2D eigenvalue weighted by Crippen LogP contribution is 2.31. The molecule has 1 aliphatic rings. The van der Waals surface area contributed by atoms with E-state index in [2.05, 4.69) is 21.3 Å². The first-order chi connectivity index (χ1) is 12.2. The molecule has 1 unspecified atom stereocenters. The lowest BCUT2D eigenvalue weighted by molar-refractivity contribution is 0.0948. The molecule has 1 amide bonds. The Morgan fingerprint density at radius 1 is 1.40 bits per heavy atom. The number of anilines is 1. The molecule has 3 rings (SSSR count). The lowest BCUT2D eigenvalue weighted by Gasteiger charge is -2.21. The fourth-order valence-corrected chi connectivity index (χ4v) is 3.04. The summed E-state index contributed by atoms with van der Waals surface area (Å²) in [5.74, 6) is 1.10. The summed E-state index contributed by atoms with van der Waals surface area (Å²) in [6.07, 6.45) is 2.45. The summed E-state index contributed by atoms with van der Waals surface area (Å²) in [7, 11) is 1.68. The monoisotopic (exact) mass is 336 g/mol. The predicted octanol–water partition coefficient (Wildman–Crippen LogP) is 2.22. The maximum absolute atomic E-state index is 12.2. The summed E-state index contributed by atoms with van der Waals surface area (Å²) in [6.45, 7) is 2.44. The summed E-state index contributed by atoms with van der Waals surface area (Å²) < 4.78 is 5.43. The van der Waals surface area contributed by atoms with E-state index in [9.17, 15) is 4.79 Å². The van der Waals surface area contributed by atoms with E-state index in [-0.39, 0.29) is 5.91 Å². The van der Waals surface area contributed by atoms with E-state index in [1.165, 1.54) is 6.20 Å². The number of ether oxygens (including phenoxy) is 1. The molecule has 128 valence electrons. The number of nitriles is 1. The predicted molar refractivity (Wildman–Crippen MR) is 94.6 cm³/mol. The first-order valence-electron chi connectivity index (χ1n) is 8.23. The highest BCUT2D eigenvalue weighted by atomic mass is 16.5. The van der Waals surface area contributed by atoms with Gasteiger partial charge in [0.05, 0.1) is 18.4 Å². The molecule has 6 heteroatoms. The normalized spacial score (nSPS) is 16.3. The van der Waals surface area contributed by atoms with Crippen LogP contribution in [0.25, 0.3) is 0 Å². The van der Waals surface area contributed by atoms with Crippen molar-refractivity contribution >= 4 is 11.6 Å². The summed E-state index contributed by atoms with van der Waals surface area (Å²) >= 11 is 0. The smallest absolute Gasteiger partial charge is 0.252 e. The highest BCUT2D eigenvalue weighted by molar-refractivity contribution is 5.93. The Bertz CT molecular complexity index is 783. The molecule has 0 spiro atoms. The molecule has 25 heavy (non-hydrogen) atoms. The van der Waals surface area contributed by atoms with E-state index < -0.39 is 0 Å². The molecule has 1 aromatic carbocycles. The number of hydrogen-bond donors (Lipinski definition) is 1. The molecule has 1 aromatic heterocycles. The second-order valence-corrected chi connectivity index (χ2v) is 6.03. The molecule has 0 bridgehead atoms. The molecular weight excluding hydrogens is 316 g/mol. The summed E-state index contributed by atoms with van der Waals surface area (Å²) in [4.78, 5) is 18.4. The number of carbonyl (C=O) groups is 1. The van der Waals surface area contributed by atoms with Gasteiger partial charge in [-0.05, 0) is 36.6 Å². The van der Waals surface area contributed by atoms with Crippen LogP contribution in [0.4, 0.5) is 5.69 Å². The highest BCUT2D eigenvalue weighted by Gasteiger charge is 2.25. The minimum absolute atomic E-state index is 0.160. The number of amides is 1. The number of para-hydroxylation sites is 2. The summed E-state index contributed by atoms with van der Waals surface area (Å²) in [5, 5.41) is 11.7. The average molecular weight is 336 g/mol. The van der Waals surface area contributed by atoms with Crippen molar-refractivity contribution in [3.8, 4) is 11.8 Å². The van der Waals surface area contributed by atoms with Crippen LogP contribution < -0.4 is 15.0 Å². The van der Waals surface area contributed by atoms with Crippen LogP contribution in [0.1, 0.15) is 22.5 Å². The van der Waals surface area contributed by atoms with Crippen molar-refractivity contribution in [1.29, 1.82) is 5.26 Å². The van der Waals surface area contributed by atoms with Crippen molar-refractivity contribution in [2.45, 2.75) is 6.42 Å². The van der Waals surface area contributed by atoms with Crippen LogP contribution >= 0.6 is 0 Å². The third-order valence-electron chi connectivity index (χ3n) is 4.40. The number of pyridine rings is 1. The van der Waals surface area contributed by atoms with Crippen LogP contribution in [0.5, 0.6) is 5.75 Å². The second-order valence-electron chi connectivity index (χ2n) is 6.03. The van der Waals surface area contributed by atoms with Gasteiger partial charge in [0.2, 0.25) is 0 Å². The Hall–Kier alpha value is -3.07. The number of nitrogens with one attached hydrogen (secondary N) is 1. The lowest BCUT2D eigenvalue weighted by Crippen LogP contribution is -2.31. The molecule has 1 atom stereocenters. The van der Waals surface area contributed by atoms with Gasteiger partial charge in [-0.1, -0.05) is 12.1 Å². The van der Waals surface area contributed by atoms with Gasteiger partial charge in [0.1, 0.15) is 17.5 Å². The van der Waals surface area contributed by atoms with Gasteiger partial charge in [-0.3, -0.25) is 4.79 Å². The SMILES string of the molecule is COc1ccccc1N1CCC(CNC(=O)c2ccc(C#N)nc2)C1. The maximum atomic E-state index is 12.2. The standard InChI is InChI=1S/C19H20N4O2/c1-25-18-5-3-2-4-17(18)23-9-8-14(13-23)11-22-19(24)15-6-7-16(10-20)21-12-15/h2-7,12,14H,8-9,11,13H2,1H3,(H,22,24). The van der Waals surface area contributed by atoms with E-state index in [1.54, 1.807) is 19.2 Å². The largest absolute Gasteiger partial charge is 0.495 e. The van der Waals surface area contributed by atoms with Crippen LogP contribution in [0.2, 0.25) is 0 Å². The number of rotatable bonds is 5. The molecule has 1 N–H and O–H groups in total. The molecular formula is C19H20N4O2. The molecule has 1 saturated heterocycles. The van der Waals surface area contributed by atoms with E-state index in [1.807, 2.05) is 24.3 Å². The fraction of sp³-hybridized carbons (Fsp3) is 0.316. The molecule has 6 nitrogen and oxygen atoms in total. The van der Waals surface area contributed by atoms with Crippen LogP contribution in [0.15, 0.2) is 42.6 Å². The topological polar surface area (TPSA) is 78.2 Å². The van der Waals surface area contributed by atoms with Crippen molar-refractivity contribution in [1.82, 2.24) is 10.3 Å². The van der Waals surface area contributed by atoms with E-state index in [0.29, 0.717) is 23.7 Å². The van der Waals surface area contributed by atoms with Crippen LogP contribution in [0.3, 0.4) is 0 Å². The second kappa shape index (κ2) is 7.67. The average Bonchev–Trinajstić information content (AvgIpc) is 3.15. The Morgan fingerprint density at radius 3 is 2.96 bits per heavy atom. The summed E-state index contributed by atoms with van der Waals surface area (Å²) in [5.41, 5.74) is 1.87. The van der Waals surface area contributed by atoms with E-state index >= 15 is 0 Å². The third kappa shape index (κ3) is 3.89. The van der Waals surface area contributed by atoms with Crippen molar-refractivity contribution < 1.29 is 9.53 Å². The number of aromatic nitrogens is 1. The quantitative estimate of drug-likeness (QED) is 0.906. The number of methoxy groups -OCH3 is 1. The molecule has 0 aliphatic carbocycles. The van der Waals surface area contributed by atoms with Gasteiger partial charge in [0, 0.05) is 25.8 Å². The van der Waals surface area contributed by atoms with Gasteiger partial charge < -0.3 is 15.0 Å². The molecule has 1 aliphatic heterocycles. The van der Waals surface area contributed by atoms with Crippen LogP contribution in [-0.4, -0.2) is 37.6 Å². The Kier molecular flexibility index (Phi) is 5.14. The van der Waals surface area contributed by atoms with E-state index in [0.717, 1.165) is 30.9 Å². The summed E-state index contributed by atoms with van der Waals surface area (Å²) in [6, 6.07) is 13.1. The molecule has 1 fully saturated rings. The molecule has 0 radical (unpaired) electrons. The molecule has 0 saturated carbocycles. The van der Waals surface area contributed by atoms with Crippen LogP contribution in [-0.2, 0) is 0 Å². The van der Waals surface area contributed by atoms with Crippen molar-refractivity contribution in [2.24, 2.45) is 5.92 Å². The zero-order valence-corrected chi connectivity index (χ0v) is 14.1. The van der Waals surface area contributed by atoms with Gasteiger partial charge >= 0.3 is 0 Å². The maximum Gasteiger partial charge on any atom is 0.252 e. The lowest BCUT2D eigenvalue weighted by atomic mass is 10.1. The zero-order chi connectivity index (χ0) is 17.6. The van der Waals surface area contributed by atoms with Crippen molar-refractivity contribution in [3.05, 3.63) is 53.9 Å². The third-order valence-corrected chi connectivity index (χ3v) is 4.40. The Labute approximate surface area is 147 Å². The molecule has 2 heterocycles. The van der Waals surface area contributed by atoms with Gasteiger partial charge in [-0.25, -0.2) is 4.98 Å². The van der Waals surface area contributed by atoms with Gasteiger partial charge in [-0.15, -0.1) is 0 Å². The first kappa shape index (κ1) is 16.8. The van der Waals surface area contributed by atoms with E-state index in [4.69, 9.17) is 10.00 Å². The first-order valence-corrected chi connectivity index (χ1v) is 8.23. The van der Waals surface area contributed by atoms with Crippen LogP contribution in [0, 0.1) is 17.2 Å². The minimum atomic E-state index is -0.160. The van der Waals surface area contributed by atoms with Gasteiger partial charge in [-0.2, -0.15) is 5.26 Å².